The molecule has 0 saturated heterocycles. The van der Waals surface area contributed by atoms with E-state index in [9.17, 15) is 14.3 Å². The van der Waals surface area contributed by atoms with E-state index >= 15 is 0 Å². The Balaban J connectivity index is 1.60. The van der Waals surface area contributed by atoms with E-state index < -0.39 is 35.0 Å². The lowest BCUT2D eigenvalue weighted by molar-refractivity contribution is -0.124. The van der Waals surface area contributed by atoms with Crippen LogP contribution in [0.25, 0.3) is 11.6 Å². The van der Waals surface area contributed by atoms with E-state index in [0.717, 1.165) is 5.56 Å². The van der Waals surface area contributed by atoms with Gasteiger partial charge >= 0.3 is 0 Å². The van der Waals surface area contributed by atoms with Gasteiger partial charge in [0.2, 0.25) is 17.7 Å². The number of ether oxygens (including phenoxy) is 1. The number of carbonyl (C=O) groups is 1. The number of amides is 1. The second-order valence-corrected chi connectivity index (χ2v) is 11.6. The summed E-state index contributed by atoms with van der Waals surface area (Å²) in [5.74, 6) is 0.450. The summed E-state index contributed by atoms with van der Waals surface area (Å²) in [5.41, 5.74) is 8.03. The lowest BCUT2D eigenvalue weighted by atomic mass is 9.72. The van der Waals surface area contributed by atoms with E-state index in [1.165, 1.54) is 18.4 Å². The van der Waals surface area contributed by atoms with Crippen LogP contribution in [0.2, 0.25) is 0 Å². The number of aromatic nitrogens is 2. The molecule has 0 unspecified atom stereocenters. The number of nitrogens with two attached hydrogens (primary N) is 1. The number of oxazole rings is 2. The maximum Gasteiger partial charge on any atom is 0.249 e. The van der Waals surface area contributed by atoms with Gasteiger partial charge in [0, 0.05) is 16.8 Å². The van der Waals surface area contributed by atoms with Crippen molar-refractivity contribution in [2.75, 3.05) is 5.32 Å². The molecule has 11 heteroatoms. The molecule has 4 aromatic rings. The quantitative estimate of drug-likeness (QED) is 0.297. The van der Waals surface area contributed by atoms with Gasteiger partial charge in [-0.15, -0.1) is 0 Å². The Kier molecular flexibility index (Phi) is 5.20. The van der Waals surface area contributed by atoms with Crippen LogP contribution in [-0.2, 0) is 23.2 Å². The summed E-state index contributed by atoms with van der Waals surface area (Å²) in [5, 5.41) is 16.1. The van der Waals surface area contributed by atoms with Crippen LogP contribution in [0.1, 0.15) is 60.8 Å². The highest BCUT2D eigenvalue weighted by Crippen LogP contribution is 2.59. The van der Waals surface area contributed by atoms with Crippen molar-refractivity contribution >= 4 is 11.6 Å². The van der Waals surface area contributed by atoms with Gasteiger partial charge in [0.25, 0.3) is 0 Å². The third-order valence-electron chi connectivity index (χ3n) is 7.91. The zero-order chi connectivity index (χ0) is 28.0. The van der Waals surface area contributed by atoms with Gasteiger partial charge in [0.05, 0.1) is 12.6 Å². The predicted molar refractivity (Wildman–Crippen MR) is 141 cm³/mol. The Labute approximate surface area is 228 Å². The van der Waals surface area contributed by atoms with Gasteiger partial charge in [0.15, 0.2) is 17.7 Å². The average Bonchev–Trinajstić information content (AvgIpc) is 3.66. The van der Waals surface area contributed by atoms with Crippen LogP contribution in [-0.4, -0.2) is 33.3 Å². The standard InChI is InChI=1S/C29H28FN5O5/c1-28(2,3)22-26-34-21(25-32-15(11-36)12-38-25)23(40-26)29-16-10-14(30)5-6-19(16)33-27(29)39-20-7-4-13(8-17(20)29)9-18(31)24(37)35-22/h4-8,10,12,18,22,27,33,36H,9,11,31H2,1-3H3,(H,35,37)/t18-,22+,27+,29-/m0/s1. The highest BCUT2D eigenvalue weighted by atomic mass is 19.1. The number of hydrogen-bond donors (Lipinski definition) is 4. The van der Waals surface area contributed by atoms with Gasteiger partial charge in [0.1, 0.15) is 35.0 Å². The largest absolute Gasteiger partial charge is 0.469 e. The maximum absolute atomic E-state index is 14.9. The minimum Gasteiger partial charge on any atom is -0.469 e. The zero-order valence-corrected chi connectivity index (χ0v) is 22.1. The van der Waals surface area contributed by atoms with E-state index in [-0.39, 0.29) is 36.4 Å². The molecule has 0 fully saturated rings. The van der Waals surface area contributed by atoms with Crippen LogP contribution in [0, 0.1) is 11.2 Å². The van der Waals surface area contributed by atoms with Gasteiger partial charge in [-0.2, -0.15) is 0 Å². The number of benzene rings is 2. The molecule has 7 rings (SSSR count). The van der Waals surface area contributed by atoms with E-state index in [4.69, 9.17) is 24.3 Å². The minimum atomic E-state index is -1.19. The fourth-order valence-corrected chi connectivity index (χ4v) is 5.97. The molecule has 3 aliphatic heterocycles. The fourth-order valence-electron chi connectivity index (χ4n) is 5.97. The van der Waals surface area contributed by atoms with Gasteiger partial charge in [-0.05, 0) is 41.7 Å². The third kappa shape index (κ3) is 3.44. The van der Waals surface area contributed by atoms with Crippen molar-refractivity contribution < 1.29 is 27.9 Å². The van der Waals surface area contributed by atoms with Crippen LogP contribution < -0.4 is 21.1 Å². The van der Waals surface area contributed by atoms with Crippen molar-refractivity contribution in [3.05, 3.63) is 82.5 Å². The molecule has 2 aromatic carbocycles. The number of fused-ring (bicyclic) bond motifs is 4. The first-order chi connectivity index (χ1) is 19.1. The van der Waals surface area contributed by atoms with Crippen molar-refractivity contribution in [1.82, 2.24) is 15.3 Å². The average molecular weight is 546 g/mol. The number of nitrogens with one attached hydrogen (secondary N) is 2. The molecule has 5 N–H and O–H groups in total. The number of hydrogen-bond acceptors (Lipinski definition) is 9. The molecule has 0 saturated carbocycles. The van der Waals surface area contributed by atoms with Crippen molar-refractivity contribution in [3.63, 3.8) is 0 Å². The number of nitrogens with zero attached hydrogens (tertiary/aromatic N) is 2. The summed E-state index contributed by atoms with van der Waals surface area (Å²) >= 11 is 0. The Hall–Kier alpha value is -4.22. The van der Waals surface area contributed by atoms with E-state index in [0.29, 0.717) is 34.0 Å². The second kappa shape index (κ2) is 8.39. The first kappa shape index (κ1) is 24.8. The number of halogens is 1. The predicted octanol–water partition coefficient (Wildman–Crippen LogP) is 3.53. The lowest BCUT2D eigenvalue weighted by Crippen LogP contribution is -2.46. The molecular formula is C29H28FN5O5. The van der Waals surface area contributed by atoms with Gasteiger partial charge < -0.3 is 35.0 Å². The second-order valence-electron chi connectivity index (χ2n) is 11.6. The first-order valence-corrected chi connectivity index (χ1v) is 13.1. The molecule has 1 amide bonds. The Morgan fingerprint density at radius 1 is 1.15 bits per heavy atom. The molecule has 4 atom stereocenters. The normalized spacial score (nSPS) is 24.8. The van der Waals surface area contributed by atoms with E-state index in [1.54, 1.807) is 6.07 Å². The molecule has 1 spiro atoms. The zero-order valence-electron chi connectivity index (χ0n) is 22.1. The molecule has 10 nitrogen and oxygen atoms in total. The number of aliphatic hydroxyl groups excluding tert-OH is 1. The number of rotatable bonds is 2. The van der Waals surface area contributed by atoms with Crippen LogP contribution in [0.5, 0.6) is 5.75 Å². The summed E-state index contributed by atoms with van der Waals surface area (Å²) in [4.78, 5) is 22.6. The molecule has 5 heterocycles. The summed E-state index contributed by atoms with van der Waals surface area (Å²) in [6.07, 6.45) is 0.913. The van der Waals surface area contributed by atoms with Crippen LogP contribution in [0.3, 0.4) is 0 Å². The van der Waals surface area contributed by atoms with Crippen molar-refractivity contribution in [1.29, 1.82) is 0 Å². The molecule has 4 bridgehead atoms. The van der Waals surface area contributed by atoms with Gasteiger partial charge in [-0.25, -0.2) is 14.4 Å². The number of aliphatic hydroxyl groups is 1. The van der Waals surface area contributed by atoms with Gasteiger partial charge in [-0.1, -0.05) is 32.9 Å². The molecule has 0 radical (unpaired) electrons. The topological polar surface area (TPSA) is 149 Å². The fraction of sp³-hybridized carbons (Fsp3) is 0.345. The molecule has 3 aliphatic rings. The van der Waals surface area contributed by atoms with E-state index in [2.05, 4.69) is 15.6 Å². The molecular weight excluding hydrogens is 517 g/mol. The highest BCUT2D eigenvalue weighted by Gasteiger charge is 2.61. The van der Waals surface area contributed by atoms with Crippen molar-refractivity contribution in [3.8, 4) is 17.3 Å². The SMILES string of the molecule is CC(C)(C)[C@@H]1NC(=O)[C@@H](N)Cc2ccc3c(c2)[C@@]2(c4cc(F)ccc4N[C@@H]2O3)c2oc1nc2-c1nc(CO)co1. The smallest absolute Gasteiger partial charge is 0.249 e. The van der Waals surface area contributed by atoms with Crippen molar-refractivity contribution in [2.24, 2.45) is 11.1 Å². The summed E-state index contributed by atoms with van der Waals surface area (Å²) in [6, 6.07) is 8.62. The highest BCUT2D eigenvalue weighted by molar-refractivity contribution is 5.82. The molecule has 40 heavy (non-hydrogen) atoms. The van der Waals surface area contributed by atoms with Crippen LogP contribution >= 0.6 is 0 Å². The molecule has 2 aromatic heterocycles. The third-order valence-corrected chi connectivity index (χ3v) is 7.91. The molecule has 206 valence electrons. The molecule has 0 aliphatic carbocycles. The van der Waals surface area contributed by atoms with Crippen LogP contribution in [0.4, 0.5) is 10.1 Å². The summed E-state index contributed by atoms with van der Waals surface area (Å²) in [6.45, 7) is 5.53. The van der Waals surface area contributed by atoms with Gasteiger partial charge in [-0.3, -0.25) is 4.79 Å². The number of anilines is 1. The summed E-state index contributed by atoms with van der Waals surface area (Å²) < 4.78 is 33.8. The Bertz CT molecular complexity index is 1670. The first-order valence-electron chi connectivity index (χ1n) is 13.1. The monoisotopic (exact) mass is 545 g/mol. The lowest BCUT2D eigenvalue weighted by Gasteiger charge is -2.31. The Morgan fingerprint density at radius 3 is 2.73 bits per heavy atom. The minimum absolute atomic E-state index is 0.113. The van der Waals surface area contributed by atoms with Crippen molar-refractivity contribution in [2.45, 2.75) is 57.5 Å². The summed E-state index contributed by atoms with van der Waals surface area (Å²) in [7, 11) is 0. The Morgan fingerprint density at radius 2 is 1.98 bits per heavy atom. The number of carbonyl (C=O) groups excluding carboxylic acids is 1. The maximum atomic E-state index is 14.9. The van der Waals surface area contributed by atoms with Crippen LogP contribution in [0.15, 0.2) is 51.5 Å². The van der Waals surface area contributed by atoms with E-state index in [1.807, 2.05) is 39.0 Å².